The quantitative estimate of drug-likeness (QED) is 0.610. The fraction of sp³-hybridized carbons (Fsp3) is 1.00. The monoisotopic (exact) mass is 129 g/mol. The third-order valence-electron chi connectivity index (χ3n) is 1.86. The minimum absolute atomic E-state index is 0.531. The van der Waals surface area contributed by atoms with Crippen LogP contribution in [0.15, 0.2) is 0 Å². The van der Waals surface area contributed by atoms with Gasteiger partial charge in [-0.05, 0) is 25.3 Å². The van der Waals surface area contributed by atoms with Gasteiger partial charge in [-0.2, -0.15) is 0 Å². The van der Waals surface area contributed by atoms with Gasteiger partial charge in [0.1, 0.15) is 0 Å². The minimum Gasteiger partial charge on any atom is -0.378 e. The van der Waals surface area contributed by atoms with Crippen LogP contribution in [-0.4, -0.2) is 19.3 Å². The molecule has 2 atom stereocenters. The zero-order valence-corrected chi connectivity index (χ0v) is 5.97. The first-order valence-electron chi connectivity index (χ1n) is 3.64. The van der Waals surface area contributed by atoms with Crippen molar-refractivity contribution in [3.05, 3.63) is 0 Å². The molecule has 2 nitrogen and oxygen atoms in total. The average Bonchev–Trinajstić information content (AvgIpc) is 1.78. The SMILES string of the molecule is C[C@@H](CN)CC1CCO1. The van der Waals surface area contributed by atoms with Crippen molar-refractivity contribution in [3.63, 3.8) is 0 Å². The van der Waals surface area contributed by atoms with E-state index in [1.165, 1.54) is 6.42 Å². The standard InChI is InChI=1S/C7H15NO/c1-6(5-8)4-7-2-3-9-7/h6-7H,2-5,8H2,1H3/t6-,7?/m1/s1. The topological polar surface area (TPSA) is 35.2 Å². The smallest absolute Gasteiger partial charge is 0.0600 e. The fourth-order valence-corrected chi connectivity index (χ4v) is 1.02. The van der Waals surface area contributed by atoms with Gasteiger partial charge < -0.3 is 10.5 Å². The first kappa shape index (κ1) is 7.03. The Bertz CT molecular complexity index is 78.2. The maximum absolute atomic E-state index is 5.44. The van der Waals surface area contributed by atoms with Gasteiger partial charge in [0.25, 0.3) is 0 Å². The Labute approximate surface area is 56.4 Å². The third-order valence-corrected chi connectivity index (χ3v) is 1.86. The number of nitrogens with two attached hydrogens (primary N) is 1. The van der Waals surface area contributed by atoms with Crippen LogP contribution in [0.1, 0.15) is 19.8 Å². The van der Waals surface area contributed by atoms with Gasteiger partial charge >= 0.3 is 0 Å². The van der Waals surface area contributed by atoms with Crippen molar-refractivity contribution in [2.45, 2.75) is 25.9 Å². The molecule has 1 saturated heterocycles. The molecular formula is C7H15NO. The number of rotatable bonds is 3. The van der Waals surface area contributed by atoms with Crippen LogP contribution in [0, 0.1) is 5.92 Å². The predicted octanol–water partition coefficient (Wildman–Crippen LogP) is 0.760. The second kappa shape index (κ2) is 3.18. The van der Waals surface area contributed by atoms with E-state index in [0.717, 1.165) is 19.6 Å². The van der Waals surface area contributed by atoms with E-state index in [1.54, 1.807) is 0 Å². The molecule has 1 aliphatic rings. The predicted molar refractivity (Wildman–Crippen MR) is 37.2 cm³/mol. The largest absolute Gasteiger partial charge is 0.378 e. The first-order valence-corrected chi connectivity index (χ1v) is 3.64. The fourth-order valence-electron chi connectivity index (χ4n) is 1.02. The van der Waals surface area contributed by atoms with E-state index in [2.05, 4.69) is 6.92 Å². The van der Waals surface area contributed by atoms with Gasteiger partial charge in [-0.25, -0.2) is 0 Å². The van der Waals surface area contributed by atoms with Crippen molar-refractivity contribution in [1.82, 2.24) is 0 Å². The lowest BCUT2D eigenvalue weighted by Crippen LogP contribution is -2.30. The van der Waals surface area contributed by atoms with Gasteiger partial charge in [0, 0.05) is 6.61 Å². The number of hydrogen-bond acceptors (Lipinski definition) is 2. The van der Waals surface area contributed by atoms with Crippen molar-refractivity contribution in [1.29, 1.82) is 0 Å². The van der Waals surface area contributed by atoms with Crippen LogP contribution in [0.3, 0.4) is 0 Å². The average molecular weight is 129 g/mol. The molecule has 0 aromatic carbocycles. The van der Waals surface area contributed by atoms with E-state index in [4.69, 9.17) is 10.5 Å². The van der Waals surface area contributed by atoms with Crippen LogP contribution in [0.5, 0.6) is 0 Å². The Kier molecular flexibility index (Phi) is 2.49. The van der Waals surface area contributed by atoms with Crippen molar-refractivity contribution in [3.8, 4) is 0 Å². The van der Waals surface area contributed by atoms with E-state index in [0.29, 0.717) is 12.0 Å². The molecule has 0 aliphatic carbocycles. The molecule has 0 saturated carbocycles. The summed E-state index contributed by atoms with van der Waals surface area (Å²) in [7, 11) is 0. The lowest BCUT2D eigenvalue weighted by molar-refractivity contribution is -0.0610. The number of hydrogen-bond donors (Lipinski definition) is 1. The van der Waals surface area contributed by atoms with Crippen LogP contribution in [0.4, 0.5) is 0 Å². The highest BCUT2D eigenvalue weighted by Crippen LogP contribution is 2.18. The minimum atomic E-state index is 0.531. The zero-order chi connectivity index (χ0) is 6.69. The molecule has 1 aliphatic heterocycles. The van der Waals surface area contributed by atoms with E-state index in [9.17, 15) is 0 Å². The molecule has 54 valence electrons. The molecule has 2 N–H and O–H groups in total. The van der Waals surface area contributed by atoms with Crippen molar-refractivity contribution in [2.24, 2.45) is 11.7 Å². The second-order valence-corrected chi connectivity index (χ2v) is 2.86. The summed E-state index contributed by atoms with van der Waals surface area (Å²) >= 11 is 0. The third kappa shape index (κ3) is 1.95. The summed E-state index contributed by atoms with van der Waals surface area (Å²) in [5.74, 6) is 0.635. The highest BCUT2D eigenvalue weighted by atomic mass is 16.5. The lowest BCUT2D eigenvalue weighted by Gasteiger charge is -2.28. The molecule has 0 bridgehead atoms. The normalized spacial score (nSPS) is 29.3. The van der Waals surface area contributed by atoms with Crippen LogP contribution < -0.4 is 5.73 Å². The molecule has 1 heterocycles. The van der Waals surface area contributed by atoms with Gasteiger partial charge in [-0.3, -0.25) is 0 Å². The Morgan fingerprint density at radius 3 is 2.78 bits per heavy atom. The molecular weight excluding hydrogens is 114 g/mol. The van der Waals surface area contributed by atoms with E-state index in [-0.39, 0.29) is 0 Å². The summed E-state index contributed by atoms with van der Waals surface area (Å²) in [6.45, 7) is 3.92. The van der Waals surface area contributed by atoms with Crippen molar-refractivity contribution in [2.75, 3.05) is 13.2 Å². The molecule has 0 amide bonds. The first-order chi connectivity index (χ1) is 4.33. The zero-order valence-electron chi connectivity index (χ0n) is 5.97. The maximum atomic E-state index is 5.44. The number of ether oxygens (including phenoxy) is 1. The Morgan fingerprint density at radius 1 is 1.78 bits per heavy atom. The summed E-state index contributed by atoms with van der Waals surface area (Å²) in [6, 6.07) is 0. The van der Waals surface area contributed by atoms with Gasteiger partial charge in [-0.1, -0.05) is 6.92 Å². The molecule has 0 radical (unpaired) electrons. The molecule has 1 unspecified atom stereocenters. The molecule has 0 spiro atoms. The summed E-state index contributed by atoms with van der Waals surface area (Å²) in [5.41, 5.74) is 5.44. The van der Waals surface area contributed by atoms with E-state index < -0.39 is 0 Å². The Balaban J connectivity index is 2.01. The molecule has 9 heavy (non-hydrogen) atoms. The molecule has 1 fully saturated rings. The van der Waals surface area contributed by atoms with Crippen LogP contribution in [0.2, 0.25) is 0 Å². The highest BCUT2D eigenvalue weighted by Gasteiger charge is 2.19. The molecule has 1 rings (SSSR count). The maximum Gasteiger partial charge on any atom is 0.0600 e. The van der Waals surface area contributed by atoms with Crippen molar-refractivity contribution < 1.29 is 4.74 Å². The lowest BCUT2D eigenvalue weighted by atomic mass is 10.00. The summed E-state index contributed by atoms with van der Waals surface area (Å²) in [6.07, 6.45) is 2.92. The van der Waals surface area contributed by atoms with E-state index >= 15 is 0 Å². The summed E-state index contributed by atoms with van der Waals surface area (Å²) < 4.78 is 5.25. The Hall–Kier alpha value is -0.0800. The van der Waals surface area contributed by atoms with Crippen LogP contribution >= 0.6 is 0 Å². The van der Waals surface area contributed by atoms with Gasteiger partial charge in [-0.15, -0.1) is 0 Å². The summed E-state index contributed by atoms with van der Waals surface area (Å²) in [5, 5.41) is 0. The second-order valence-electron chi connectivity index (χ2n) is 2.86. The molecule has 2 heteroatoms. The summed E-state index contributed by atoms with van der Waals surface area (Å²) in [4.78, 5) is 0. The molecule has 0 aromatic heterocycles. The van der Waals surface area contributed by atoms with Gasteiger partial charge in [0.05, 0.1) is 6.10 Å². The van der Waals surface area contributed by atoms with Gasteiger partial charge in [0.2, 0.25) is 0 Å². The molecule has 0 aromatic rings. The van der Waals surface area contributed by atoms with Crippen LogP contribution in [-0.2, 0) is 4.74 Å². The van der Waals surface area contributed by atoms with Gasteiger partial charge in [0.15, 0.2) is 0 Å². The van der Waals surface area contributed by atoms with Crippen molar-refractivity contribution >= 4 is 0 Å². The Morgan fingerprint density at radius 2 is 2.44 bits per heavy atom. The highest BCUT2D eigenvalue weighted by molar-refractivity contribution is 4.69. The van der Waals surface area contributed by atoms with Crippen LogP contribution in [0.25, 0.3) is 0 Å². The van der Waals surface area contributed by atoms with E-state index in [1.807, 2.05) is 0 Å².